The Kier molecular flexibility index (Phi) is 7.54. The van der Waals surface area contributed by atoms with E-state index in [0.717, 1.165) is 0 Å². The fraction of sp³-hybridized carbons (Fsp3) is 0.818. The quantitative estimate of drug-likeness (QED) is 0.650. The number of carbonyl (C=O) groups is 2. The van der Waals surface area contributed by atoms with E-state index in [1.165, 1.54) is 0 Å². The number of aliphatic carboxylic acids is 1. The highest BCUT2D eigenvalue weighted by molar-refractivity contribution is 5.76. The SMILES string of the molecule is COCC(C)CC(=O)NCCC(C)C(=O)O. The minimum atomic E-state index is -0.831. The number of methoxy groups -OCH3 is 1. The molecule has 0 heterocycles. The molecule has 2 atom stereocenters. The lowest BCUT2D eigenvalue weighted by atomic mass is 10.1. The molecule has 0 aliphatic carbocycles. The predicted octanol–water partition coefficient (Wildman–Crippen LogP) is 0.886. The van der Waals surface area contributed by atoms with Crippen molar-refractivity contribution in [3.05, 3.63) is 0 Å². The number of rotatable bonds is 8. The van der Waals surface area contributed by atoms with Crippen molar-refractivity contribution in [2.24, 2.45) is 11.8 Å². The molecule has 16 heavy (non-hydrogen) atoms. The lowest BCUT2D eigenvalue weighted by Gasteiger charge is -2.11. The topological polar surface area (TPSA) is 75.6 Å². The van der Waals surface area contributed by atoms with Crippen molar-refractivity contribution in [1.29, 1.82) is 0 Å². The largest absolute Gasteiger partial charge is 0.481 e. The highest BCUT2D eigenvalue weighted by Crippen LogP contribution is 2.03. The maximum Gasteiger partial charge on any atom is 0.306 e. The number of hydrogen-bond acceptors (Lipinski definition) is 3. The Bertz CT molecular complexity index is 230. The molecule has 0 aliphatic rings. The van der Waals surface area contributed by atoms with Gasteiger partial charge in [-0.3, -0.25) is 9.59 Å². The van der Waals surface area contributed by atoms with Gasteiger partial charge in [-0.25, -0.2) is 0 Å². The zero-order chi connectivity index (χ0) is 12.6. The van der Waals surface area contributed by atoms with E-state index in [1.807, 2.05) is 6.92 Å². The van der Waals surface area contributed by atoms with Gasteiger partial charge in [-0.05, 0) is 12.3 Å². The molecule has 0 aromatic rings. The van der Waals surface area contributed by atoms with Crippen molar-refractivity contribution in [2.75, 3.05) is 20.3 Å². The van der Waals surface area contributed by atoms with E-state index in [0.29, 0.717) is 26.0 Å². The zero-order valence-corrected chi connectivity index (χ0v) is 10.2. The van der Waals surface area contributed by atoms with Gasteiger partial charge in [0.05, 0.1) is 5.92 Å². The predicted molar refractivity (Wildman–Crippen MR) is 60.1 cm³/mol. The third-order valence-corrected chi connectivity index (χ3v) is 2.31. The van der Waals surface area contributed by atoms with Crippen LogP contribution in [0.3, 0.4) is 0 Å². The molecule has 0 saturated heterocycles. The summed E-state index contributed by atoms with van der Waals surface area (Å²) in [4.78, 5) is 21.9. The van der Waals surface area contributed by atoms with Crippen LogP contribution in [-0.4, -0.2) is 37.2 Å². The highest BCUT2D eigenvalue weighted by atomic mass is 16.5. The van der Waals surface area contributed by atoms with Crippen LogP contribution in [-0.2, 0) is 14.3 Å². The second-order valence-electron chi connectivity index (χ2n) is 4.14. The molecule has 0 bridgehead atoms. The Hall–Kier alpha value is -1.10. The summed E-state index contributed by atoms with van der Waals surface area (Å²) in [5.74, 6) is -1.12. The fourth-order valence-electron chi connectivity index (χ4n) is 1.28. The number of nitrogens with one attached hydrogen (secondary N) is 1. The van der Waals surface area contributed by atoms with Crippen molar-refractivity contribution >= 4 is 11.9 Å². The van der Waals surface area contributed by atoms with Gasteiger partial charge in [0.15, 0.2) is 0 Å². The summed E-state index contributed by atoms with van der Waals surface area (Å²) in [5, 5.41) is 11.3. The second-order valence-corrected chi connectivity index (χ2v) is 4.14. The molecule has 94 valence electrons. The third-order valence-electron chi connectivity index (χ3n) is 2.31. The van der Waals surface area contributed by atoms with Crippen LogP contribution in [0.1, 0.15) is 26.7 Å². The number of carboxylic acids is 1. The van der Waals surface area contributed by atoms with E-state index in [2.05, 4.69) is 5.32 Å². The molecule has 0 fully saturated rings. The van der Waals surface area contributed by atoms with Crippen LogP contribution >= 0.6 is 0 Å². The molecule has 0 rings (SSSR count). The first-order valence-corrected chi connectivity index (χ1v) is 5.45. The zero-order valence-electron chi connectivity index (χ0n) is 10.2. The minimum Gasteiger partial charge on any atom is -0.481 e. The van der Waals surface area contributed by atoms with Crippen molar-refractivity contribution < 1.29 is 19.4 Å². The van der Waals surface area contributed by atoms with Crippen LogP contribution in [0, 0.1) is 11.8 Å². The molecular weight excluding hydrogens is 210 g/mol. The normalized spacial score (nSPS) is 14.2. The first-order chi connectivity index (χ1) is 7.47. The summed E-state index contributed by atoms with van der Waals surface area (Å²) in [6.07, 6.45) is 0.870. The average molecular weight is 231 g/mol. The molecule has 0 saturated carbocycles. The first-order valence-electron chi connectivity index (χ1n) is 5.45. The monoisotopic (exact) mass is 231 g/mol. The van der Waals surface area contributed by atoms with E-state index in [-0.39, 0.29) is 11.8 Å². The van der Waals surface area contributed by atoms with Gasteiger partial charge in [-0.15, -0.1) is 0 Å². The Morgan fingerprint density at radius 3 is 2.50 bits per heavy atom. The van der Waals surface area contributed by atoms with Crippen LogP contribution in [0.4, 0.5) is 0 Å². The summed E-state index contributed by atoms with van der Waals surface area (Å²) in [6.45, 7) is 4.52. The van der Waals surface area contributed by atoms with Crippen LogP contribution in [0.5, 0.6) is 0 Å². The molecular formula is C11H21NO4. The van der Waals surface area contributed by atoms with Crippen molar-refractivity contribution in [2.45, 2.75) is 26.7 Å². The molecule has 0 aliphatic heterocycles. The summed E-state index contributed by atoms with van der Waals surface area (Å²) < 4.78 is 4.92. The van der Waals surface area contributed by atoms with E-state index >= 15 is 0 Å². The fourth-order valence-corrected chi connectivity index (χ4v) is 1.28. The van der Waals surface area contributed by atoms with E-state index < -0.39 is 11.9 Å². The van der Waals surface area contributed by atoms with Crippen LogP contribution in [0.25, 0.3) is 0 Å². The molecule has 2 N–H and O–H groups in total. The number of amides is 1. The Balaban J connectivity index is 3.62. The summed E-state index contributed by atoms with van der Waals surface area (Å²) in [6, 6.07) is 0. The molecule has 0 radical (unpaired) electrons. The Labute approximate surface area is 96.2 Å². The summed E-state index contributed by atoms with van der Waals surface area (Å²) in [5.41, 5.74) is 0. The number of carbonyl (C=O) groups excluding carboxylic acids is 1. The van der Waals surface area contributed by atoms with Crippen LogP contribution in [0.15, 0.2) is 0 Å². The van der Waals surface area contributed by atoms with Gasteiger partial charge in [0.1, 0.15) is 0 Å². The molecule has 0 aromatic heterocycles. The van der Waals surface area contributed by atoms with Gasteiger partial charge < -0.3 is 15.2 Å². The molecule has 2 unspecified atom stereocenters. The van der Waals surface area contributed by atoms with Crippen molar-refractivity contribution in [1.82, 2.24) is 5.32 Å². The molecule has 0 aromatic carbocycles. The van der Waals surface area contributed by atoms with E-state index in [1.54, 1.807) is 14.0 Å². The Morgan fingerprint density at radius 2 is 2.00 bits per heavy atom. The van der Waals surface area contributed by atoms with E-state index in [4.69, 9.17) is 9.84 Å². The number of carboxylic acid groups (broad SMARTS) is 1. The van der Waals surface area contributed by atoms with Gasteiger partial charge in [-0.1, -0.05) is 13.8 Å². The van der Waals surface area contributed by atoms with Crippen molar-refractivity contribution in [3.63, 3.8) is 0 Å². The highest BCUT2D eigenvalue weighted by Gasteiger charge is 2.12. The van der Waals surface area contributed by atoms with Gasteiger partial charge in [0.25, 0.3) is 0 Å². The first kappa shape index (κ1) is 14.9. The summed E-state index contributed by atoms with van der Waals surface area (Å²) >= 11 is 0. The average Bonchev–Trinajstić information content (AvgIpc) is 2.17. The van der Waals surface area contributed by atoms with Gasteiger partial charge in [0.2, 0.25) is 5.91 Å². The number of ether oxygens (including phenoxy) is 1. The van der Waals surface area contributed by atoms with Crippen LogP contribution in [0.2, 0.25) is 0 Å². The maximum absolute atomic E-state index is 11.4. The smallest absolute Gasteiger partial charge is 0.306 e. The Morgan fingerprint density at radius 1 is 1.38 bits per heavy atom. The second kappa shape index (κ2) is 8.10. The molecule has 5 nitrogen and oxygen atoms in total. The van der Waals surface area contributed by atoms with Gasteiger partial charge >= 0.3 is 5.97 Å². The lowest BCUT2D eigenvalue weighted by Crippen LogP contribution is -2.28. The standard InChI is InChI=1S/C11H21NO4/c1-8(7-16-3)6-10(13)12-5-4-9(2)11(14)15/h8-9H,4-7H2,1-3H3,(H,12,13)(H,14,15). The van der Waals surface area contributed by atoms with Gasteiger partial charge in [0, 0.05) is 26.7 Å². The molecule has 1 amide bonds. The molecule has 5 heteroatoms. The van der Waals surface area contributed by atoms with Crippen molar-refractivity contribution in [3.8, 4) is 0 Å². The third kappa shape index (κ3) is 7.23. The number of hydrogen-bond donors (Lipinski definition) is 2. The minimum absolute atomic E-state index is 0.0536. The van der Waals surface area contributed by atoms with E-state index in [9.17, 15) is 9.59 Å². The molecule has 0 spiro atoms. The maximum atomic E-state index is 11.4. The lowest BCUT2D eigenvalue weighted by molar-refractivity contribution is -0.141. The van der Waals surface area contributed by atoms with Gasteiger partial charge in [-0.2, -0.15) is 0 Å². The van der Waals surface area contributed by atoms with Crippen LogP contribution < -0.4 is 5.32 Å². The summed E-state index contributed by atoms with van der Waals surface area (Å²) in [7, 11) is 1.60.